The van der Waals surface area contributed by atoms with Crippen LogP contribution in [0.5, 0.6) is 0 Å². The van der Waals surface area contributed by atoms with Gasteiger partial charge in [-0.3, -0.25) is 0 Å². The third kappa shape index (κ3) is 2.39. The fourth-order valence-corrected chi connectivity index (χ4v) is 3.25. The molecule has 1 aromatic carbocycles. The van der Waals surface area contributed by atoms with Gasteiger partial charge < -0.3 is 10.2 Å². The second kappa shape index (κ2) is 4.97. The van der Waals surface area contributed by atoms with Crippen molar-refractivity contribution < 1.29 is 8.81 Å². The zero-order valence-electron chi connectivity index (χ0n) is 11.2. The van der Waals surface area contributed by atoms with Gasteiger partial charge in [0.25, 0.3) is 0 Å². The van der Waals surface area contributed by atoms with Gasteiger partial charge >= 0.3 is 0 Å². The average molecular weight is 261 g/mol. The molecule has 0 radical (unpaired) electrons. The quantitative estimate of drug-likeness (QED) is 0.870. The van der Waals surface area contributed by atoms with Crippen LogP contribution in [0.4, 0.5) is 4.39 Å². The summed E-state index contributed by atoms with van der Waals surface area (Å²) >= 11 is 0. The Morgan fingerprint density at radius 2 is 2.21 bits per heavy atom. The molecule has 19 heavy (non-hydrogen) atoms. The molecule has 3 rings (SSSR count). The molecule has 1 saturated carbocycles. The molecule has 3 heteroatoms. The summed E-state index contributed by atoms with van der Waals surface area (Å²) in [5, 5.41) is 0.800. The lowest BCUT2D eigenvalue weighted by Crippen LogP contribution is -2.25. The van der Waals surface area contributed by atoms with Gasteiger partial charge in [0, 0.05) is 5.39 Å². The van der Waals surface area contributed by atoms with Crippen LogP contribution in [0.25, 0.3) is 11.0 Å². The Bertz CT molecular complexity index is 577. The van der Waals surface area contributed by atoms with Crippen molar-refractivity contribution in [2.45, 2.75) is 38.6 Å². The van der Waals surface area contributed by atoms with Gasteiger partial charge in [0.05, 0.1) is 6.04 Å². The number of fused-ring (bicyclic) bond motifs is 1. The number of benzene rings is 1. The standard InChI is InChI=1S/C16H20FNO/c1-10-4-2-5-11(8-10)15(18)14-9-12-6-3-7-13(17)16(12)19-14/h3,6-7,9-11,15H,2,4-5,8,18H2,1H3. The molecule has 1 fully saturated rings. The van der Waals surface area contributed by atoms with E-state index in [-0.39, 0.29) is 11.9 Å². The highest BCUT2D eigenvalue weighted by molar-refractivity contribution is 5.78. The topological polar surface area (TPSA) is 39.2 Å². The van der Waals surface area contributed by atoms with Gasteiger partial charge in [0.15, 0.2) is 11.4 Å². The van der Waals surface area contributed by atoms with Gasteiger partial charge in [-0.25, -0.2) is 4.39 Å². The molecule has 0 saturated heterocycles. The first kappa shape index (κ1) is 12.7. The molecule has 0 spiro atoms. The van der Waals surface area contributed by atoms with Crippen molar-refractivity contribution in [3.8, 4) is 0 Å². The Morgan fingerprint density at radius 3 is 2.95 bits per heavy atom. The Labute approximate surface area is 112 Å². The molecule has 3 unspecified atom stereocenters. The number of hydrogen-bond acceptors (Lipinski definition) is 2. The SMILES string of the molecule is CC1CCCC(C(N)c2cc3cccc(F)c3o2)C1. The van der Waals surface area contributed by atoms with E-state index in [0.29, 0.717) is 11.5 Å². The predicted molar refractivity (Wildman–Crippen MR) is 74.2 cm³/mol. The summed E-state index contributed by atoms with van der Waals surface area (Å²) in [5.41, 5.74) is 6.66. The fraction of sp³-hybridized carbons (Fsp3) is 0.500. The number of halogens is 1. The zero-order chi connectivity index (χ0) is 13.4. The van der Waals surface area contributed by atoms with Crippen LogP contribution in [0.15, 0.2) is 28.7 Å². The Hall–Kier alpha value is -1.35. The first-order valence-electron chi connectivity index (χ1n) is 7.08. The van der Waals surface area contributed by atoms with Gasteiger partial charge in [-0.05, 0) is 36.8 Å². The van der Waals surface area contributed by atoms with E-state index < -0.39 is 0 Å². The van der Waals surface area contributed by atoms with Crippen molar-refractivity contribution in [3.05, 3.63) is 35.8 Å². The lowest BCUT2D eigenvalue weighted by molar-refractivity contribution is 0.233. The van der Waals surface area contributed by atoms with E-state index in [1.165, 1.54) is 18.9 Å². The van der Waals surface area contributed by atoms with E-state index >= 15 is 0 Å². The van der Waals surface area contributed by atoms with E-state index in [9.17, 15) is 4.39 Å². The van der Waals surface area contributed by atoms with Crippen LogP contribution in [-0.2, 0) is 0 Å². The minimum Gasteiger partial charge on any atom is -0.456 e. The highest BCUT2D eigenvalue weighted by atomic mass is 19.1. The number of nitrogens with two attached hydrogens (primary N) is 1. The lowest BCUT2D eigenvalue weighted by atomic mass is 9.78. The molecule has 1 aliphatic rings. The van der Waals surface area contributed by atoms with Crippen molar-refractivity contribution in [1.29, 1.82) is 0 Å². The molecule has 102 valence electrons. The predicted octanol–water partition coefficient (Wildman–Crippen LogP) is 4.40. The second-order valence-electron chi connectivity index (χ2n) is 5.86. The highest BCUT2D eigenvalue weighted by Gasteiger charge is 2.27. The molecule has 1 aromatic heterocycles. The fourth-order valence-electron chi connectivity index (χ4n) is 3.25. The first-order valence-corrected chi connectivity index (χ1v) is 7.08. The monoisotopic (exact) mass is 261 g/mol. The van der Waals surface area contributed by atoms with Crippen molar-refractivity contribution in [2.24, 2.45) is 17.6 Å². The first-order chi connectivity index (χ1) is 9.15. The van der Waals surface area contributed by atoms with Gasteiger partial charge in [-0.2, -0.15) is 0 Å². The molecule has 2 N–H and O–H groups in total. The van der Waals surface area contributed by atoms with Gasteiger partial charge in [-0.15, -0.1) is 0 Å². The molecule has 0 bridgehead atoms. The van der Waals surface area contributed by atoms with E-state index in [1.54, 1.807) is 6.07 Å². The Morgan fingerprint density at radius 1 is 1.37 bits per heavy atom. The van der Waals surface area contributed by atoms with Gasteiger partial charge in [0.2, 0.25) is 0 Å². The molecular formula is C16H20FNO. The summed E-state index contributed by atoms with van der Waals surface area (Å²) in [7, 11) is 0. The Kier molecular flexibility index (Phi) is 3.31. The van der Waals surface area contributed by atoms with Crippen molar-refractivity contribution in [3.63, 3.8) is 0 Å². The Balaban J connectivity index is 1.88. The number of para-hydroxylation sites is 1. The van der Waals surface area contributed by atoms with Gasteiger partial charge in [-0.1, -0.05) is 31.9 Å². The lowest BCUT2D eigenvalue weighted by Gasteiger charge is -2.30. The summed E-state index contributed by atoms with van der Waals surface area (Å²) < 4.78 is 19.3. The summed E-state index contributed by atoms with van der Waals surface area (Å²) in [5.74, 6) is 1.59. The molecule has 1 heterocycles. The van der Waals surface area contributed by atoms with Gasteiger partial charge in [0.1, 0.15) is 5.76 Å². The van der Waals surface area contributed by atoms with Crippen LogP contribution in [0.1, 0.15) is 44.4 Å². The van der Waals surface area contributed by atoms with Crippen LogP contribution in [0, 0.1) is 17.7 Å². The smallest absolute Gasteiger partial charge is 0.169 e. The molecule has 0 aliphatic heterocycles. The number of hydrogen-bond donors (Lipinski definition) is 1. The third-order valence-corrected chi connectivity index (χ3v) is 4.33. The summed E-state index contributed by atoms with van der Waals surface area (Å²) in [6.45, 7) is 2.27. The van der Waals surface area contributed by atoms with Crippen molar-refractivity contribution >= 4 is 11.0 Å². The van der Waals surface area contributed by atoms with E-state index in [1.807, 2.05) is 12.1 Å². The second-order valence-corrected chi connectivity index (χ2v) is 5.86. The molecule has 1 aliphatic carbocycles. The van der Waals surface area contributed by atoms with Crippen molar-refractivity contribution in [2.75, 3.05) is 0 Å². The zero-order valence-corrected chi connectivity index (χ0v) is 11.2. The molecule has 2 nitrogen and oxygen atoms in total. The van der Waals surface area contributed by atoms with Crippen LogP contribution in [0.2, 0.25) is 0 Å². The van der Waals surface area contributed by atoms with E-state index in [2.05, 4.69) is 6.92 Å². The number of furan rings is 1. The maximum atomic E-state index is 13.6. The molecule has 3 atom stereocenters. The largest absolute Gasteiger partial charge is 0.456 e. The maximum Gasteiger partial charge on any atom is 0.169 e. The van der Waals surface area contributed by atoms with Crippen LogP contribution < -0.4 is 5.73 Å². The molecular weight excluding hydrogens is 241 g/mol. The van der Waals surface area contributed by atoms with E-state index in [4.69, 9.17) is 10.2 Å². The van der Waals surface area contributed by atoms with Crippen LogP contribution in [-0.4, -0.2) is 0 Å². The van der Waals surface area contributed by atoms with Crippen LogP contribution >= 0.6 is 0 Å². The van der Waals surface area contributed by atoms with E-state index in [0.717, 1.165) is 29.9 Å². The number of rotatable bonds is 2. The molecule has 0 amide bonds. The third-order valence-electron chi connectivity index (χ3n) is 4.33. The maximum absolute atomic E-state index is 13.6. The molecule has 2 aromatic rings. The minimum absolute atomic E-state index is 0.116. The summed E-state index contributed by atoms with van der Waals surface area (Å²) in [6, 6.07) is 6.76. The normalized spacial score (nSPS) is 25.6. The minimum atomic E-state index is -0.312. The summed E-state index contributed by atoms with van der Waals surface area (Å²) in [4.78, 5) is 0. The average Bonchev–Trinajstić information content (AvgIpc) is 2.83. The highest BCUT2D eigenvalue weighted by Crippen LogP contribution is 2.37. The summed E-state index contributed by atoms with van der Waals surface area (Å²) in [6.07, 6.45) is 4.80. The van der Waals surface area contributed by atoms with Crippen LogP contribution in [0.3, 0.4) is 0 Å². The van der Waals surface area contributed by atoms with Crippen molar-refractivity contribution in [1.82, 2.24) is 0 Å².